The van der Waals surface area contributed by atoms with Crippen molar-refractivity contribution in [3.63, 3.8) is 0 Å². The van der Waals surface area contributed by atoms with Crippen LogP contribution >= 0.6 is 0 Å². The van der Waals surface area contributed by atoms with Crippen molar-refractivity contribution in [2.75, 3.05) is 36.6 Å². The highest BCUT2D eigenvalue weighted by Crippen LogP contribution is 2.18. The van der Waals surface area contributed by atoms with Gasteiger partial charge in [0, 0.05) is 31.2 Å². The molecule has 7 heteroatoms. The molecule has 1 aromatic heterocycles. The Morgan fingerprint density at radius 1 is 1.14 bits per heavy atom. The minimum Gasteiger partial charge on any atom is -0.378 e. The number of nitrogens with one attached hydrogen (secondary N) is 2. The van der Waals surface area contributed by atoms with Gasteiger partial charge in [0.15, 0.2) is 0 Å². The third-order valence-electron chi connectivity index (χ3n) is 3.36. The quantitative estimate of drug-likeness (QED) is 0.822. The number of amides is 1. The number of nitrogens with zero attached hydrogens (tertiary/aromatic N) is 3. The average Bonchev–Trinajstić information content (AvgIpc) is 2.61. The molecule has 0 unspecified atom stereocenters. The second-order valence-corrected chi connectivity index (χ2v) is 4.82. The molecule has 1 amide bonds. The number of benzene rings is 1. The molecule has 22 heavy (non-hydrogen) atoms. The van der Waals surface area contributed by atoms with Gasteiger partial charge in [-0.15, -0.1) is 0 Å². The first kappa shape index (κ1) is 14.3. The predicted octanol–water partition coefficient (Wildman–Crippen LogP) is 1.07. The van der Waals surface area contributed by atoms with Crippen LogP contribution in [0, 0.1) is 0 Å². The minimum atomic E-state index is -0.328. The van der Waals surface area contributed by atoms with Crippen LogP contribution in [-0.2, 0) is 4.74 Å². The molecule has 114 valence electrons. The monoisotopic (exact) mass is 299 g/mol. The molecule has 0 saturated carbocycles. The van der Waals surface area contributed by atoms with Crippen molar-refractivity contribution in [1.82, 2.24) is 15.4 Å². The zero-order valence-electron chi connectivity index (χ0n) is 12.0. The first-order valence-electron chi connectivity index (χ1n) is 7.08. The fraction of sp³-hybridized carbons (Fsp3) is 0.267. The molecule has 2 N–H and O–H groups in total. The van der Waals surface area contributed by atoms with Gasteiger partial charge < -0.3 is 9.64 Å². The van der Waals surface area contributed by atoms with Gasteiger partial charge in [0.05, 0.1) is 25.1 Å². The van der Waals surface area contributed by atoms with E-state index < -0.39 is 0 Å². The molecule has 7 nitrogen and oxygen atoms in total. The number of anilines is 2. The molecular weight excluding hydrogens is 282 g/mol. The smallest absolute Gasteiger partial charge is 0.289 e. The summed E-state index contributed by atoms with van der Waals surface area (Å²) in [6.07, 6.45) is 4.42. The van der Waals surface area contributed by atoms with E-state index >= 15 is 0 Å². The highest BCUT2D eigenvalue weighted by atomic mass is 16.5. The van der Waals surface area contributed by atoms with Crippen molar-refractivity contribution in [1.29, 1.82) is 0 Å². The maximum atomic E-state index is 11.8. The van der Waals surface area contributed by atoms with E-state index in [2.05, 4.69) is 25.7 Å². The number of rotatable bonds is 4. The Morgan fingerprint density at radius 2 is 1.91 bits per heavy atom. The largest absolute Gasteiger partial charge is 0.378 e. The number of aromatic nitrogens is 2. The van der Waals surface area contributed by atoms with Gasteiger partial charge in [0.1, 0.15) is 5.69 Å². The molecule has 1 aromatic carbocycles. The number of carbonyl (C=O) groups is 1. The molecule has 0 aliphatic carbocycles. The van der Waals surface area contributed by atoms with Crippen LogP contribution in [0.25, 0.3) is 0 Å². The summed E-state index contributed by atoms with van der Waals surface area (Å²) in [5, 5.41) is 0. The maximum Gasteiger partial charge on any atom is 0.289 e. The fourth-order valence-corrected chi connectivity index (χ4v) is 2.19. The lowest BCUT2D eigenvalue weighted by atomic mass is 10.2. The molecule has 1 aliphatic rings. The Labute approximate surface area is 128 Å². The lowest BCUT2D eigenvalue weighted by Gasteiger charge is -2.28. The average molecular weight is 299 g/mol. The van der Waals surface area contributed by atoms with Gasteiger partial charge in [-0.2, -0.15) is 0 Å². The molecule has 0 spiro atoms. The van der Waals surface area contributed by atoms with E-state index in [0.29, 0.717) is 0 Å². The van der Waals surface area contributed by atoms with Crippen LogP contribution in [0.3, 0.4) is 0 Å². The first-order chi connectivity index (χ1) is 10.8. The lowest BCUT2D eigenvalue weighted by molar-refractivity contribution is 0.0957. The summed E-state index contributed by atoms with van der Waals surface area (Å²) in [6, 6.07) is 7.87. The van der Waals surface area contributed by atoms with E-state index in [1.807, 2.05) is 24.3 Å². The van der Waals surface area contributed by atoms with Crippen molar-refractivity contribution in [2.24, 2.45) is 0 Å². The Hall–Kier alpha value is -2.67. The van der Waals surface area contributed by atoms with Crippen LogP contribution in [0.15, 0.2) is 42.9 Å². The second kappa shape index (κ2) is 6.86. The van der Waals surface area contributed by atoms with Gasteiger partial charge in [0.25, 0.3) is 5.91 Å². The van der Waals surface area contributed by atoms with E-state index in [4.69, 9.17) is 4.74 Å². The summed E-state index contributed by atoms with van der Waals surface area (Å²) in [5.41, 5.74) is 7.66. The van der Waals surface area contributed by atoms with Crippen LogP contribution in [0.5, 0.6) is 0 Å². The highest BCUT2D eigenvalue weighted by molar-refractivity contribution is 5.92. The van der Waals surface area contributed by atoms with E-state index in [0.717, 1.165) is 37.7 Å². The van der Waals surface area contributed by atoms with Gasteiger partial charge in [-0.25, -0.2) is 4.98 Å². The molecule has 0 bridgehead atoms. The second-order valence-electron chi connectivity index (χ2n) is 4.82. The molecule has 3 rings (SSSR count). The van der Waals surface area contributed by atoms with Crippen LogP contribution < -0.4 is 15.8 Å². The zero-order chi connectivity index (χ0) is 15.2. The van der Waals surface area contributed by atoms with Crippen molar-refractivity contribution in [3.8, 4) is 0 Å². The van der Waals surface area contributed by atoms with Gasteiger partial charge in [-0.1, -0.05) is 0 Å². The number of ether oxygens (including phenoxy) is 1. The number of morpholine rings is 1. The summed E-state index contributed by atoms with van der Waals surface area (Å²) in [7, 11) is 0. The highest BCUT2D eigenvalue weighted by Gasteiger charge is 2.11. The number of hydrogen-bond acceptors (Lipinski definition) is 6. The third kappa shape index (κ3) is 3.50. The van der Waals surface area contributed by atoms with E-state index in [1.165, 1.54) is 18.6 Å². The molecule has 0 atom stereocenters. The van der Waals surface area contributed by atoms with E-state index in [-0.39, 0.29) is 11.6 Å². The molecule has 0 radical (unpaired) electrons. The SMILES string of the molecule is O=C(NNc1ccc(N2CCOCC2)cc1)c1cnccn1. The number of hydrazine groups is 1. The van der Waals surface area contributed by atoms with E-state index in [9.17, 15) is 4.79 Å². The Kier molecular flexibility index (Phi) is 4.45. The standard InChI is InChI=1S/C15H17N5O2/c21-15(14-11-16-5-6-17-14)19-18-12-1-3-13(4-2-12)20-7-9-22-10-8-20/h1-6,11,18H,7-10H2,(H,19,21). The maximum absolute atomic E-state index is 11.8. The van der Waals surface area contributed by atoms with Crippen molar-refractivity contribution < 1.29 is 9.53 Å². The topological polar surface area (TPSA) is 79.4 Å². The summed E-state index contributed by atoms with van der Waals surface area (Å²) >= 11 is 0. The predicted molar refractivity (Wildman–Crippen MR) is 82.6 cm³/mol. The zero-order valence-corrected chi connectivity index (χ0v) is 12.0. The molecule has 1 saturated heterocycles. The summed E-state index contributed by atoms with van der Waals surface area (Å²) in [6.45, 7) is 3.31. The minimum absolute atomic E-state index is 0.264. The molecular formula is C15H17N5O2. The van der Waals surface area contributed by atoms with Crippen molar-refractivity contribution in [2.45, 2.75) is 0 Å². The lowest BCUT2D eigenvalue weighted by Crippen LogP contribution is -2.36. The number of carbonyl (C=O) groups excluding carboxylic acids is 1. The van der Waals surface area contributed by atoms with Gasteiger partial charge in [-0.05, 0) is 24.3 Å². The third-order valence-corrected chi connectivity index (χ3v) is 3.36. The summed E-state index contributed by atoms with van der Waals surface area (Å²) in [4.78, 5) is 21.9. The summed E-state index contributed by atoms with van der Waals surface area (Å²) in [5.74, 6) is -0.328. The summed E-state index contributed by atoms with van der Waals surface area (Å²) < 4.78 is 5.34. The Bertz CT molecular complexity index is 612. The van der Waals surface area contributed by atoms with E-state index in [1.54, 1.807) is 0 Å². The van der Waals surface area contributed by atoms with Gasteiger partial charge in [0.2, 0.25) is 0 Å². The van der Waals surface area contributed by atoms with Crippen LogP contribution in [-0.4, -0.2) is 42.2 Å². The fourth-order valence-electron chi connectivity index (χ4n) is 2.19. The molecule has 1 aliphatic heterocycles. The Morgan fingerprint density at radius 3 is 2.59 bits per heavy atom. The van der Waals surface area contributed by atoms with Gasteiger partial charge in [-0.3, -0.25) is 20.6 Å². The number of hydrogen-bond donors (Lipinski definition) is 2. The van der Waals surface area contributed by atoms with Crippen LogP contribution in [0.4, 0.5) is 11.4 Å². The van der Waals surface area contributed by atoms with Crippen molar-refractivity contribution >= 4 is 17.3 Å². The normalized spacial score (nSPS) is 14.5. The molecule has 2 heterocycles. The van der Waals surface area contributed by atoms with Gasteiger partial charge >= 0.3 is 0 Å². The van der Waals surface area contributed by atoms with Crippen molar-refractivity contribution in [3.05, 3.63) is 48.5 Å². The Balaban J connectivity index is 1.56. The molecule has 1 fully saturated rings. The molecule has 2 aromatic rings. The van der Waals surface area contributed by atoms with Crippen LogP contribution in [0.2, 0.25) is 0 Å². The van der Waals surface area contributed by atoms with Crippen LogP contribution in [0.1, 0.15) is 10.5 Å². The first-order valence-corrected chi connectivity index (χ1v) is 7.08.